The van der Waals surface area contributed by atoms with Crippen molar-refractivity contribution in [3.63, 3.8) is 0 Å². The van der Waals surface area contributed by atoms with Gasteiger partial charge in [-0.05, 0) is 67.1 Å². The number of benzene rings is 3. The Kier molecular flexibility index (Phi) is 7.26. The molecule has 0 bridgehead atoms. The topological polar surface area (TPSA) is 109 Å². The Morgan fingerprint density at radius 2 is 1.41 bits per heavy atom. The van der Waals surface area contributed by atoms with Gasteiger partial charge in [0.15, 0.2) is 9.84 Å². The summed E-state index contributed by atoms with van der Waals surface area (Å²) in [7, 11) is -7.32. The Morgan fingerprint density at radius 3 is 2.03 bits per heavy atom. The van der Waals surface area contributed by atoms with Crippen LogP contribution in [0.4, 0.5) is 10.1 Å². The average Bonchev–Trinajstić information content (AvgIpc) is 2.79. The van der Waals surface area contributed by atoms with E-state index in [-0.39, 0.29) is 39.8 Å². The Labute approximate surface area is 186 Å². The number of amides is 1. The number of carbonyl (C=O) groups is 1. The van der Waals surface area contributed by atoms with Gasteiger partial charge in [-0.25, -0.2) is 21.2 Å². The highest BCUT2D eigenvalue weighted by Crippen LogP contribution is 2.17. The molecule has 0 heterocycles. The van der Waals surface area contributed by atoms with Gasteiger partial charge in [0.25, 0.3) is 15.9 Å². The fourth-order valence-electron chi connectivity index (χ4n) is 2.83. The Bertz CT molecular complexity index is 1280. The lowest BCUT2D eigenvalue weighted by atomic mass is 10.2. The van der Waals surface area contributed by atoms with E-state index in [1.165, 1.54) is 48.5 Å². The zero-order chi connectivity index (χ0) is 23.2. The van der Waals surface area contributed by atoms with Crippen molar-refractivity contribution in [1.29, 1.82) is 0 Å². The first-order chi connectivity index (χ1) is 15.2. The largest absolute Gasteiger partial charge is 0.352 e. The predicted molar refractivity (Wildman–Crippen MR) is 119 cm³/mol. The summed E-state index contributed by atoms with van der Waals surface area (Å²) in [6, 6.07) is 18.2. The minimum absolute atomic E-state index is 0.0627. The van der Waals surface area contributed by atoms with E-state index >= 15 is 0 Å². The summed E-state index contributed by atoms with van der Waals surface area (Å²) in [5.41, 5.74) is 0.440. The highest BCUT2D eigenvalue weighted by molar-refractivity contribution is 7.92. The molecule has 7 nitrogen and oxygen atoms in total. The molecule has 0 saturated carbocycles. The Morgan fingerprint density at radius 1 is 0.781 bits per heavy atom. The maximum atomic E-state index is 13.0. The fraction of sp³-hybridized carbons (Fsp3) is 0.136. The quantitative estimate of drug-likeness (QED) is 0.461. The minimum Gasteiger partial charge on any atom is -0.352 e. The van der Waals surface area contributed by atoms with Gasteiger partial charge in [0, 0.05) is 17.8 Å². The van der Waals surface area contributed by atoms with Crippen molar-refractivity contribution in [1.82, 2.24) is 5.32 Å². The summed E-state index contributed by atoms with van der Waals surface area (Å²) in [5, 5.41) is 2.62. The number of anilines is 1. The molecule has 0 saturated heterocycles. The maximum absolute atomic E-state index is 13.0. The molecule has 2 N–H and O–H groups in total. The SMILES string of the molecule is O=C(NCCCS(=O)(=O)c1ccccc1)c1ccc(S(=O)(=O)Nc2ccc(F)cc2)cc1. The summed E-state index contributed by atoms with van der Waals surface area (Å²) in [6.07, 6.45) is 0.233. The molecule has 0 fully saturated rings. The third-order valence-electron chi connectivity index (χ3n) is 4.50. The molecular weight excluding hydrogens is 455 g/mol. The van der Waals surface area contributed by atoms with E-state index in [0.29, 0.717) is 0 Å². The van der Waals surface area contributed by atoms with Crippen LogP contribution in [-0.4, -0.2) is 35.0 Å². The highest BCUT2D eigenvalue weighted by atomic mass is 32.2. The van der Waals surface area contributed by atoms with Crippen LogP contribution in [0.3, 0.4) is 0 Å². The highest BCUT2D eigenvalue weighted by Gasteiger charge is 2.16. The van der Waals surface area contributed by atoms with Crippen LogP contribution >= 0.6 is 0 Å². The molecule has 3 rings (SSSR count). The number of sulfonamides is 1. The van der Waals surface area contributed by atoms with Crippen LogP contribution < -0.4 is 10.0 Å². The van der Waals surface area contributed by atoms with Crippen molar-refractivity contribution in [3.8, 4) is 0 Å². The number of hydrogen-bond donors (Lipinski definition) is 2. The van der Waals surface area contributed by atoms with E-state index in [9.17, 15) is 26.0 Å². The van der Waals surface area contributed by atoms with Gasteiger partial charge in [-0.2, -0.15) is 0 Å². The zero-order valence-electron chi connectivity index (χ0n) is 16.9. The minimum atomic E-state index is -3.90. The van der Waals surface area contributed by atoms with Crippen molar-refractivity contribution in [2.45, 2.75) is 16.2 Å². The van der Waals surface area contributed by atoms with Crippen LogP contribution in [0, 0.1) is 5.82 Å². The number of hydrogen-bond acceptors (Lipinski definition) is 5. The van der Waals surface area contributed by atoms with Crippen LogP contribution in [0.1, 0.15) is 16.8 Å². The van der Waals surface area contributed by atoms with E-state index in [2.05, 4.69) is 10.0 Å². The van der Waals surface area contributed by atoms with Gasteiger partial charge < -0.3 is 5.32 Å². The van der Waals surface area contributed by atoms with Crippen molar-refractivity contribution >= 4 is 31.5 Å². The van der Waals surface area contributed by atoms with E-state index in [0.717, 1.165) is 12.1 Å². The van der Waals surface area contributed by atoms with Crippen molar-refractivity contribution in [2.75, 3.05) is 17.0 Å². The lowest BCUT2D eigenvalue weighted by Crippen LogP contribution is -2.26. The van der Waals surface area contributed by atoms with Crippen LogP contribution in [0.25, 0.3) is 0 Å². The van der Waals surface area contributed by atoms with Gasteiger partial charge in [-0.15, -0.1) is 0 Å². The second-order valence-electron chi connectivity index (χ2n) is 6.88. The summed E-state index contributed by atoms with van der Waals surface area (Å²) >= 11 is 0. The smallest absolute Gasteiger partial charge is 0.261 e. The zero-order valence-corrected chi connectivity index (χ0v) is 18.5. The van der Waals surface area contributed by atoms with E-state index < -0.39 is 31.6 Å². The molecule has 0 atom stereocenters. The van der Waals surface area contributed by atoms with Crippen molar-refractivity contribution in [3.05, 3.63) is 90.2 Å². The molecule has 3 aromatic rings. The molecule has 0 aliphatic carbocycles. The molecule has 0 aliphatic rings. The molecule has 1 amide bonds. The van der Waals surface area contributed by atoms with Crippen molar-refractivity contribution in [2.24, 2.45) is 0 Å². The van der Waals surface area contributed by atoms with E-state index in [1.807, 2.05) is 0 Å². The van der Waals surface area contributed by atoms with Gasteiger partial charge in [0.05, 0.1) is 15.5 Å². The Hall–Kier alpha value is -3.24. The molecule has 32 heavy (non-hydrogen) atoms. The summed E-state index contributed by atoms with van der Waals surface area (Å²) in [6.45, 7) is 0.150. The van der Waals surface area contributed by atoms with Gasteiger partial charge in [0.2, 0.25) is 0 Å². The molecule has 168 valence electrons. The van der Waals surface area contributed by atoms with Gasteiger partial charge in [-0.1, -0.05) is 18.2 Å². The van der Waals surface area contributed by atoms with Crippen LogP contribution in [0.15, 0.2) is 88.7 Å². The summed E-state index contributed by atoms with van der Waals surface area (Å²) < 4.78 is 64.6. The van der Waals surface area contributed by atoms with Crippen LogP contribution in [-0.2, 0) is 19.9 Å². The molecule has 0 aromatic heterocycles. The van der Waals surface area contributed by atoms with Gasteiger partial charge in [-0.3, -0.25) is 9.52 Å². The molecule has 3 aromatic carbocycles. The standard InChI is InChI=1S/C22H21FN2O5S2/c23-18-9-11-19(12-10-18)25-32(29,30)21-13-7-17(8-14-21)22(26)24-15-4-16-31(27,28)20-5-2-1-3-6-20/h1-3,5-14,25H,4,15-16H2,(H,24,26). The average molecular weight is 477 g/mol. The maximum Gasteiger partial charge on any atom is 0.261 e. The Balaban J connectivity index is 1.54. The third-order valence-corrected chi connectivity index (χ3v) is 7.71. The lowest BCUT2D eigenvalue weighted by Gasteiger charge is -2.09. The van der Waals surface area contributed by atoms with Crippen LogP contribution in [0.5, 0.6) is 0 Å². The normalized spacial score (nSPS) is 11.7. The van der Waals surface area contributed by atoms with Crippen molar-refractivity contribution < 1.29 is 26.0 Å². The lowest BCUT2D eigenvalue weighted by molar-refractivity contribution is 0.0953. The second kappa shape index (κ2) is 9.92. The first-order valence-electron chi connectivity index (χ1n) is 9.62. The molecular formula is C22H21FN2O5S2. The first kappa shape index (κ1) is 23.4. The van der Waals surface area contributed by atoms with Crippen LogP contribution in [0.2, 0.25) is 0 Å². The summed E-state index contributed by atoms with van der Waals surface area (Å²) in [5.74, 6) is -1.04. The predicted octanol–water partition coefficient (Wildman–Crippen LogP) is 3.22. The molecule has 0 spiro atoms. The fourth-order valence-corrected chi connectivity index (χ4v) is 5.22. The van der Waals surface area contributed by atoms with E-state index in [4.69, 9.17) is 0 Å². The first-order valence-corrected chi connectivity index (χ1v) is 12.8. The number of carbonyl (C=O) groups excluding carboxylic acids is 1. The van der Waals surface area contributed by atoms with Gasteiger partial charge in [0.1, 0.15) is 5.82 Å². The molecule has 0 radical (unpaired) electrons. The second-order valence-corrected chi connectivity index (χ2v) is 10.7. The number of rotatable bonds is 9. The molecule has 10 heteroatoms. The number of sulfone groups is 1. The third kappa shape index (κ3) is 6.14. The van der Waals surface area contributed by atoms with E-state index in [1.54, 1.807) is 18.2 Å². The monoisotopic (exact) mass is 476 g/mol. The van der Waals surface area contributed by atoms with Gasteiger partial charge >= 0.3 is 0 Å². The molecule has 0 aliphatic heterocycles. The number of nitrogens with one attached hydrogen (secondary N) is 2. The number of halogens is 1. The summed E-state index contributed by atoms with van der Waals surface area (Å²) in [4.78, 5) is 12.4. The molecule has 0 unspecified atom stereocenters.